The Hall–Kier alpha value is -1.69. The summed E-state index contributed by atoms with van der Waals surface area (Å²) in [6.45, 7) is 2.03. The predicted molar refractivity (Wildman–Crippen MR) is 99.4 cm³/mol. The number of rotatable bonds is 4. The first-order chi connectivity index (χ1) is 11.5. The van der Waals surface area contributed by atoms with Gasteiger partial charge >= 0.3 is 0 Å². The van der Waals surface area contributed by atoms with Crippen molar-refractivity contribution in [3.63, 3.8) is 0 Å². The number of nitrogens with one attached hydrogen (secondary N) is 1. The van der Waals surface area contributed by atoms with Crippen LogP contribution in [-0.2, 0) is 9.59 Å². The molecule has 6 heteroatoms. The van der Waals surface area contributed by atoms with Crippen molar-refractivity contribution in [1.29, 1.82) is 0 Å². The molecule has 1 heterocycles. The Morgan fingerprint density at radius 1 is 1.29 bits per heavy atom. The number of hydrogen-bond donors (Lipinski definition) is 1. The summed E-state index contributed by atoms with van der Waals surface area (Å²) < 4.78 is 0. The van der Waals surface area contributed by atoms with Crippen molar-refractivity contribution < 1.29 is 9.59 Å². The molecule has 2 fully saturated rings. The number of hydrogen-bond acceptors (Lipinski definition) is 4. The molecule has 130 valence electrons. The smallest absolute Gasteiger partial charge is 0.248 e. The highest BCUT2D eigenvalue weighted by molar-refractivity contribution is 7.99. The molecule has 24 heavy (non-hydrogen) atoms. The van der Waals surface area contributed by atoms with E-state index in [1.807, 2.05) is 44.1 Å². The van der Waals surface area contributed by atoms with Crippen molar-refractivity contribution in [2.75, 3.05) is 35.9 Å². The van der Waals surface area contributed by atoms with Gasteiger partial charge in [-0.3, -0.25) is 9.59 Å². The summed E-state index contributed by atoms with van der Waals surface area (Å²) >= 11 is 1.66. The van der Waals surface area contributed by atoms with E-state index in [1.54, 1.807) is 16.7 Å². The van der Waals surface area contributed by atoms with Crippen molar-refractivity contribution >= 4 is 35.0 Å². The SMILES string of the molecule is Cc1cc(NC(=O)C2CSCN2C(=O)C2CCC2)ccc1N(C)C. The van der Waals surface area contributed by atoms with Gasteiger partial charge in [0.15, 0.2) is 0 Å². The first-order valence-corrected chi connectivity index (χ1v) is 9.60. The second-order valence-electron chi connectivity index (χ2n) is 6.84. The zero-order valence-electron chi connectivity index (χ0n) is 14.5. The number of anilines is 2. The minimum atomic E-state index is -0.350. The molecule has 1 aliphatic heterocycles. The molecule has 1 N–H and O–H groups in total. The van der Waals surface area contributed by atoms with Gasteiger partial charge in [-0.1, -0.05) is 6.42 Å². The van der Waals surface area contributed by atoms with Crippen LogP contribution in [0.2, 0.25) is 0 Å². The normalized spacial score (nSPS) is 20.6. The van der Waals surface area contributed by atoms with Crippen LogP contribution in [0.4, 0.5) is 11.4 Å². The molecule has 0 bridgehead atoms. The molecule has 2 aliphatic rings. The van der Waals surface area contributed by atoms with Gasteiger partial charge in [0.05, 0.1) is 5.88 Å². The van der Waals surface area contributed by atoms with Crippen LogP contribution in [0.3, 0.4) is 0 Å². The molecule has 3 rings (SSSR count). The molecule has 2 amide bonds. The van der Waals surface area contributed by atoms with Crippen molar-refractivity contribution in [2.45, 2.75) is 32.2 Å². The Balaban J connectivity index is 1.67. The van der Waals surface area contributed by atoms with Crippen molar-refractivity contribution in [1.82, 2.24) is 4.90 Å². The van der Waals surface area contributed by atoms with E-state index in [-0.39, 0.29) is 23.8 Å². The van der Waals surface area contributed by atoms with E-state index < -0.39 is 0 Å². The van der Waals surface area contributed by atoms with Crippen molar-refractivity contribution in [3.05, 3.63) is 23.8 Å². The lowest BCUT2D eigenvalue weighted by Crippen LogP contribution is -2.47. The summed E-state index contributed by atoms with van der Waals surface area (Å²) in [5, 5.41) is 2.99. The fourth-order valence-corrected chi connectivity index (χ4v) is 4.39. The molecule has 0 spiro atoms. The van der Waals surface area contributed by atoms with Crippen LogP contribution in [0.15, 0.2) is 18.2 Å². The quantitative estimate of drug-likeness (QED) is 0.910. The molecular formula is C18H25N3O2S. The minimum absolute atomic E-state index is 0.0790. The average Bonchev–Trinajstić information content (AvgIpc) is 2.94. The van der Waals surface area contributed by atoms with Gasteiger partial charge in [-0.15, -0.1) is 11.8 Å². The highest BCUT2D eigenvalue weighted by Crippen LogP contribution is 2.32. The number of amides is 2. The molecule has 1 atom stereocenters. The van der Waals surface area contributed by atoms with Gasteiger partial charge in [-0.25, -0.2) is 0 Å². The largest absolute Gasteiger partial charge is 0.377 e. The van der Waals surface area contributed by atoms with Gasteiger partial charge in [-0.2, -0.15) is 0 Å². The molecule has 1 aromatic rings. The molecular weight excluding hydrogens is 322 g/mol. The first-order valence-electron chi connectivity index (χ1n) is 8.44. The summed E-state index contributed by atoms with van der Waals surface area (Å²) in [5.74, 6) is 1.53. The van der Waals surface area contributed by atoms with E-state index >= 15 is 0 Å². The second kappa shape index (κ2) is 7.05. The number of aryl methyl sites for hydroxylation is 1. The first kappa shape index (κ1) is 17.1. The number of carbonyl (C=O) groups excluding carboxylic acids is 2. The fraction of sp³-hybridized carbons (Fsp3) is 0.556. The van der Waals surface area contributed by atoms with Gasteiger partial charge < -0.3 is 15.1 Å². The maximum atomic E-state index is 12.7. The highest BCUT2D eigenvalue weighted by atomic mass is 32.2. The van der Waals surface area contributed by atoms with Crippen LogP contribution in [0.5, 0.6) is 0 Å². The van der Waals surface area contributed by atoms with Crippen molar-refractivity contribution in [2.24, 2.45) is 5.92 Å². The zero-order valence-corrected chi connectivity index (χ0v) is 15.4. The van der Waals surface area contributed by atoms with E-state index in [1.165, 1.54) is 0 Å². The average molecular weight is 347 g/mol. The summed E-state index contributed by atoms with van der Waals surface area (Å²) in [6.07, 6.45) is 3.07. The van der Waals surface area contributed by atoms with E-state index in [0.717, 1.165) is 36.2 Å². The van der Waals surface area contributed by atoms with E-state index in [9.17, 15) is 9.59 Å². The Kier molecular flexibility index (Phi) is 5.04. The fourth-order valence-electron chi connectivity index (χ4n) is 3.23. The predicted octanol–water partition coefficient (Wildman–Crippen LogP) is 2.70. The van der Waals surface area contributed by atoms with Gasteiger partial charge in [0.25, 0.3) is 0 Å². The standard InChI is InChI=1S/C18H25N3O2S/c1-12-9-14(7-8-15(12)20(2)3)19-17(22)16-10-24-11-21(16)18(23)13-5-4-6-13/h7-9,13,16H,4-6,10-11H2,1-3H3,(H,19,22). The molecule has 1 unspecified atom stereocenters. The number of nitrogens with zero attached hydrogens (tertiary/aromatic N) is 2. The summed E-state index contributed by atoms with van der Waals surface area (Å²) in [5.41, 5.74) is 3.03. The lowest BCUT2D eigenvalue weighted by molar-refractivity contribution is -0.141. The van der Waals surface area contributed by atoms with Crippen molar-refractivity contribution in [3.8, 4) is 0 Å². The van der Waals surface area contributed by atoms with Crippen LogP contribution in [0.1, 0.15) is 24.8 Å². The Morgan fingerprint density at radius 3 is 2.62 bits per heavy atom. The van der Waals surface area contributed by atoms with Crippen LogP contribution in [-0.4, -0.2) is 48.5 Å². The van der Waals surface area contributed by atoms with Crippen LogP contribution >= 0.6 is 11.8 Å². The molecule has 1 saturated carbocycles. The molecule has 1 aromatic carbocycles. The van der Waals surface area contributed by atoms with Crippen LogP contribution < -0.4 is 10.2 Å². The number of benzene rings is 1. The third-order valence-electron chi connectivity index (χ3n) is 4.87. The van der Waals surface area contributed by atoms with Gasteiger partial charge in [0.1, 0.15) is 6.04 Å². The number of carbonyl (C=O) groups is 2. The Bertz CT molecular complexity index is 643. The molecule has 0 aromatic heterocycles. The zero-order chi connectivity index (χ0) is 17.3. The maximum absolute atomic E-state index is 12.7. The van der Waals surface area contributed by atoms with E-state index in [4.69, 9.17) is 0 Å². The summed E-state index contributed by atoms with van der Waals surface area (Å²) in [4.78, 5) is 29.0. The van der Waals surface area contributed by atoms with Gasteiger partial charge in [-0.05, 0) is 43.5 Å². The number of thioether (sulfide) groups is 1. The minimum Gasteiger partial charge on any atom is -0.377 e. The van der Waals surface area contributed by atoms with Gasteiger partial charge in [0.2, 0.25) is 11.8 Å². The van der Waals surface area contributed by atoms with Crippen LogP contribution in [0, 0.1) is 12.8 Å². The monoisotopic (exact) mass is 347 g/mol. The molecule has 5 nitrogen and oxygen atoms in total. The Labute approximate surface area is 147 Å². The highest BCUT2D eigenvalue weighted by Gasteiger charge is 2.39. The topological polar surface area (TPSA) is 52.7 Å². The molecule has 0 radical (unpaired) electrons. The summed E-state index contributed by atoms with van der Waals surface area (Å²) in [7, 11) is 4.00. The van der Waals surface area contributed by atoms with E-state index in [0.29, 0.717) is 11.6 Å². The Morgan fingerprint density at radius 2 is 2.04 bits per heavy atom. The molecule has 1 saturated heterocycles. The molecule has 1 aliphatic carbocycles. The lowest BCUT2D eigenvalue weighted by Gasteiger charge is -2.31. The third-order valence-corrected chi connectivity index (χ3v) is 5.88. The lowest BCUT2D eigenvalue weighted by atomic mass is 9.84. The van der Waals surface area contributed by atoms with Crippen LogP contribution in [0.25, 0.3) is 0 Å². The maximum Gasteiger partial charge on any atom is 0.248 e. The second-order valence-corrected chi connectivity index (χ2v) is 7.84. The van der Waals surface area contributed by atoms with Gasteiger partial charge in [0, 0.05) is 37.1 Å². The third kappa shape index (κ3) is 3.38. The summed E-state index contributed by atoms with van der Waals surface area (Å²) in [6, 6.07) is 5.55. The van der Waals surface area contributed by atoms with E-state index in [2.05, 4.69) is 5.32 Å².